The number of carbonyl (C=O) groups is 1. The number of benzene rings is 1. The van der Waals surface area contributed by atoms with E-state index in [0.717, 1.165) is 25.7 Å². The molecule has 0 bridgehead atoms. The minimum absolute atomic E-state index is 0.0584. The van der Waals surface area contributed by atoms with E-state index in [1.165, 1.54) is 30.9 Å². The molecule has 0 atom stereocenters. The number of rotatable bonds is 6. The van der Waals surface area contributed by atoms with Crippen LogP contribution in [-0.2, 0) is 14.8 Å². The summed E-state index contributed by atoms with van der Waals surface area (Å²) in [5.74, 6) is 0.387. The number of aryl methyl sites for hydroxylation is 1. The van der Waals surface area contributed by atoms with Crippen LogP contribution in [0, 0.1) is 6.92 Å². The molecule has 1 aliphatic rings. The third-order valence-electron chi connectivity index (χ3n) is 4.25. The van der Waals surface area contributed by atoms with Gasteiger partial charge in [0.15, 0.2) is 6.61 Å². The number of carbonyl (C=O) groups excluding carboxylic acids is 1. The average molecular weight is 354 g/mol. The second-order valence-corrected chi connectivity index (χ2v) is 8.56. The molecule has 0 saturated heterocycles. The fourth-order valence-electron chi connectivity index (χ4n) is 2.81. The molecule has 0 spiro atoms. The fourth-order valence-corrected chi connectivity index (χ4v) is 3.80. The van der Waals surface area contributed by atoms with Crippen LogP contribution in [0.15, 0.2) is 23.1 Å². The summed E-state index contributed by atoms with van der Waals surface area (Å²) in [5, 5.41) is 2.99. The number of hydrogen-bond donors (Lipinski definition) is 1. The van der Waals surface area contributed by atoms with Crippen molar-refractivity contribution in [3.63, 3.8) is 0 Å². The minimum Gasteiger partial charge on any atom is -0.484 e. The van der Waals surface area contributed by atoms with Gasteiger partial charge in [-0.2, -0.15) is 0 Å². The monoisotopic (exact) mass is 354 g/mol. The van der Waals surface area contributed by atoms with Gasteiger partial charge in [0.2, 0.25) is 10.0 Å². The van der Waals surface area contributed by atoms with Crippen LogP contribution in [0.1, 0.15) is 37.7 Å². The molecule has 1 saturated carbocycles. The Morgan fingerprint density at radius 1 is 1.25 bits per heavy atom. The first-order valence-corrected chi connectivity index (χ1v) is 9.70. The van der Waals surface area contributed by atoms with Crippen molar-refractivity contribution in [2.45, 2.75) is 50.0 Å². The Kier molecular flexibility index (Phi) is 6.23. The molecule has 0 aromatic heterocycles. The van der Waals surface area contributed by atoms with Crippen LogP contribution in [0.4, 0.5) is 0 Å². The predicted octanol–water partition coefficient (Wildman–Crippen LogP) is 2.07. The first kappa shape index (κ1) is 18.7. The van der Waals surface area contributed by atoms with E-state index in [2.05, 4.69) is 5.32 Å². The van der Waals surface area contributed by atoms with E-state index in [-0.39, 0.29) is 23.5 Å². The second-order valence-electron chi connectivity index (χ2n) is 6.41. The zero-order valence-electron chi connectivity index (χ0n) is 14.5. The molecule has 0 radical (unpaired) electrons. The molecule has 24 heavy (non-hydrogen) atoms. The van der Waals surface area contributed by atoms with Crippen LogP contribution in [0.3, 0.4) is 0 Å². The van der Waals surface area contributed by atoms with Crippen molar-refractivity contribution < 1.29 is 17.9 Å². The lowest BCUT2D eigenvalue weighted by atomic mass is 9.95. The van der Waals surface area contributed by atoms with E-state index < -0.39 is 10.0 Å². The van der Waals surface area contributed by atoms with E-state index in [1.807, 2.05) is 0 Å². The SMILES string of the molecule is Cc1cc(S(=O)(=O)N(C)C)ccc1OCC(=O)NC1CCCCC1. The summed E-state index contributed by atoms with van der Waals surface area (Å²) in [7, 11) is -0.487. The molecule has 1 fully saturated rings. The molecule has 1 aromatic carbocycles. The van der Waals surface area contributed by atoms with Gasteiger partial charge >= 0.3 is 0 Å². The third kappa shape index (κ3) is 4.70. The normalized spacial score (nSPS) is 16.2. The highest BCUT2D eigenvalue weighted by Gasteiger charge is 2.19. The van der Waals surface area contributed by atoms with Gasteiger partial charge in [-0.3, -0.25) is 4.79 Å². The van der Waals surface area contributed by atoms with Crippen LogP contribution < -0.4 is 10.1 Å². The van der Waals surface area contributed by atoms with Gasteiger partial charge in [0.1, 0.15) is 5.75 Å². The van der Waals surface area contributed by atoms with Gasteiger partial charge in [-0.1, -0.05) is 19.3 Å². The van der Waals surface area contributed by atoms with Crippen molar-refractivity contribution in [2.24, 2.45) is 0 Å². The van der Waals surface area contributed by atoms with Crippen molar-refractivity contribution >= 4 is 15.9 Å². The maximum Gasteiger partial charge on any atom is 0.258 e. The lowest BCUT2D eigenvalue weighted by molar-refractivity contribution is -0.124. The van der Waals surface area contributed by atoms with Crippen molar-refractivity contribution in [1.82, 2.24) is 9.62 Å². The van der Waals surface area contributed by atoms with Crippen molar-refractivity contribution in [3.05, 3.63) is 23.8 Å². The van der Waals surface area contributed by atoms with Crippen molar-refractivity contribution in [2.75, 3.05) is 20.7 Å². The Morgan fingerprint density at radius 3 is 2.50 bits per heavy atom. The first-order valence-electron chi connectivity index (χ1n) is 8.26. The number of amides is 1. The molecular formula is C17H26N2O4S. The average Bonchev–Trinajstić information content (AvgIpc) is 2.54. The summed E-state index contributed by atoms with van der Waals surface area (Å²) in [6.45, 7) is 1.71. The summed E-state index contributed by atoms with van der Waals surface area (Å²) in [6.07, 6.45) is 5.62. The lowest BCUT2D eigenvalue weighted by Gasteiger charge is -2.22. The molecular weight excluding hydrogens is 328 g/mol. The Bertz CT molecular complexity index is 680. The maximum absolute atomic E-state index is 12.1. The highest BCUT2D eigenvalue weighted by atomic mass is 32.2. The molecule has 0 unspecified atom stereocenters. The third-order valence-corrected chi connectivity index (χ3v) is 6.07. The van der Waals surface area contributed by atoms with E-state index >= 15 is 0 Å². The summed E-state index contributed by atoms with van der Waals surface area (Å²) < 4.78 is 30.9. The Labute approximate surface area is 144 Å². The zero-order valence-corrected chi connectivity index (χ0v) is 15.4. The highest BCUT2D eigenvalue weighted by molar-refractivity contribution is 7.89. The molecule has 134 valence electrons. The maximum atomic E-state index is 12.1. The van der Waals surface area contributed by atoms with Crippen LogP contribution >= 0.6 is 0 Å². The standard InChI is InChI=1S/C17H26N2O4S/c1-13-11-15(24(21,22)19(2)3)9-10-16(13)23-12-17(20)18-14-7-5-4-6-8-14/h9-11,14H,4-8,12H2,1-3H3,(H,18,20). The summed E-state index contributed by atoms with van der Waals surface area (Å²) in [6, 6.07) is 4.91. The van der Waals surface area contributed by atoms with E-state index in [0.29, 0.717) is 11.3 Å². The Balaban J connectivity index is 1.94. The van der Waals surface area contributed by atoms with E-state index in [1.54, 1.807) is 19.1 Å². The van der Waals surface area contributed by atoms with E-state index in [9.17, 15) is 13.2 Å². The van der Waals surface area contributed by atoms with Crippen molar-refractivity contribution in [1.29, 1.82) is 0 Å². The number of sulfonamides is 1. The fraction of sp³-hybridized carbons (Fsp3) is 0.588. The number of ether oxygens (including phenoxy) is 1. The summed E-state index contributed by atoms with van der Waals surface area (Å²) in [5.41, 5.74) is 0.684. The first-order chi connectivity index (χ1) is 11.3. The Morgan fingerprint density at radius 2 is 1.92 bits per heavy atom. The molecule has 2 rings (SSSR count). The lowest BCUT2D eigenvalue weighted by Crippen LogP contribution is -2.39. The Hall–Kier alpha value is -1.60. The quantitative estimate of drug-likeness (QED) is 0.848. The van der Waals surface area contributed by atoms with Gasteiger partial charge in [0.25, 0.3) is 5.91 Å². The summed E-state index contributed by atoms with van der Waals surface area (Å²) in [4.78, 5) is 12.2. The molecule has 1 N–H and O–H groups in total. The smallest absolute Gasteiger partial charge is 0.258 e. The minimum atomic E-state index is -3.47. The van der Waals surface area contributed by atoms with Crippen LogP contribution in [0.2, 0.25) is 0 Å². The predicted molar refractivity (Wildman–Crippen MR) is 92.6 cm³/mol. The van der Waals surface area contributed by atoms with Gasteiger partial charge in [0.05, 0.1) is 4.90 Å². The van der Waals surface area contributed by atoms with E-state index in [4.69, 9.17) is 4.74 Å². The number of nitrogens with zero attached hydrogens (tertiary/aromatic N) is 1. The van der Waals surface area contributed by atoms with Crippen LogP contribution in [0.5, 0.6) is 5.75 Å². The van der Waals surface area contributed by atoms with Crippen LogP contribution in [-0.4, -0.2) is 45.4 Å². The van der Waals surface area contributed by atoms with Gasteiger partial charge < -0.3 is 10.1 Å². The zero-order chi connectivity index (χ0) is 17.7. The van der Waals surface area contributed by atoms with Gasteiger partial charge in [0, 0.05) is 20.1 Å². The van der Waals surface area contributed by atoms with Gasteiger partial charge in [-0.05, 0) is 43.5 Å². The highest BCUT2D eigenvalue weighted by Crippen LogP contribution is 2.23. The molecule has 1 aromatic rings. The van der Waals surface area contributed by atoms with Gasteiger partial charge in [-0.25, -0.2) is 12.7 Å². The molecule has 7 heteroatoms. The number of hydrogen-bond acceptors (Lipinski definition) is 4. The van der Waals surface area contributed by atoms with Crippen LogP contribution in [0.25, 0.3) is 0 Å². The molecule has 6 nitrogen and oxygen atoms in total. The molecule has 1 amide bonds. The second kappa shape index (κ2) is 7.98. The molecule has 0 heterocycles. The topological polar surface area (TPSA) is 75.7 Å². The van der Waals surface area contributed by atoms with Gasteiger partial charge in [-0.15, -0.1) is 0 Å². The van der Waals surface area contributed by atoms with Crippen molar-refractivity contribution in [3.8, 4) is 5.75 Å². The largest absolute Gasteiger partial charge is 0.484 e. The number of nitrogens with one attached hydrogen (secondary N) is 1. The molecule has 0 aliphatic heterocycles. The summed E-state index contributed by atoms with van der Waals surface area (Å²) >= 11 is 0. The molecule has 1 aliphatic carbocycles.